The van der Waals surface area contributed by atoms with E-state index in [9.17, 15) is 18.0 Å². The minimum Gasteiger partial charge on any atom is -0.465 e. The first-order valence-electron chi connectivity index (χ1n) is 9.71. The molecule has 0 aromatic heterocycles. The smallest absolute Gasteiger partial charge is 0.339 e. The number of halogens is 1. The lowest BCUT2D eigenvalue weighted by Gasteiger charge is -2.19. The van der Waals surface area contributed by atoms with Crippen molar-refractivity contribution >= 4 is 44.8 Å². The molecule has 3 aromatic rings. The number of benzene rings is 3. The van der Waals surface area contributed by atoms with Crippen LogP contribution in [-0.4, -0.2) is 33.0 Å². The number of rotatable bonds is 5. The molecule has 7 nitrogen and oxygen atoms in total. The molecule has 0 saturated heterocycles. The minimum atomic E-state index is -4.09. The SMILES string of the molecule is COC(=O)c1ccccc1NC1=CC(=NS(=O)(=O)c2ccc(Cl)cc2)c2ccccc2C1=O. The molecule has 1 N–H and O–H groups in total. The fourth-order valence-corrected chi connectivity index (χ4v) is 4.43. The molecule has 0 saturated carbocycles. The van der Waals surface area contributed by atoms with Crippen molar-refractivity contribution in [3.63, 3.8) is 0 Å². The number of hydrogen-bond acceptors (Lipinski definition) is 6. The Hall–Kier alpha value is -3.75. The van der Waals surface area contributed by atoms with Gasteiger partial charge in [-0.05, 0) is 42.5 Å². The van der Waals surface area contributed by atoms with Crippen LogP contribution in [0.5, 0.6) is 0 Å². The Bertz CT molecular complexity index is 1430. The summed E-state index contributed by atoms with van der Waals surface area (Å²) < 4.78 is 34.6. The average Bonchev–Trinajstić information content (AvgIpc) is 2.82. The van der Waals surface area contributed by atoms with Gasteiger partial charge < -0.3 is 10.1 Å². The Morgan fingerprint density at radius 1 is 0.939 bits per heavy atom. The van der Waals surface area contributed by atoms with Gasteiger partial charge in [0, 0.05) is 16.1 Å². The zero-order chi connectivity index (χ0) is 23.6. The van der Waals surface area contributed by atoms with Crippen molar-refractivity contribution in [2.45, 2.75) is 4.90 Å². The van der Waals surface area contributed by atoms with E-state index in [0.717, 1.165) is 0 Å². The number of carbonyl (C=O) groups excluding carboxylic acids is 2. The van der Waals surface area contributed by atoms with Crippen LogP contribution in [0.1, 0.15) is 26.3 Å². The maximum atomic E-state index is 13.1. The van der Waals surface area contributed by atoms with Crippen LogP contribution in [0.25, 0.3) is 0 Å². The number of nitrogens with zero attached hydrogens (tertiary/aromatic N) is 1. The first-order valence-corrected chi connectivity index (χ1v) is 11.5. The van der Waals surface area contributed by atoms with Gasteiger partial charge in [0.1, 0.15) is 0 Å². The Morgan fingerprint density at radius 2 is 1.58 bits per heavy atom. The number of esters is 1. The molecular weight excluding hydrogens is 464 g/mol. The first-order chi connectivity index (χ1) is 15.8. The second kappa shape index (κ2) is 9.01. The van der Waals surface area contributed by atoms with Crippen LogP contribution >= 0.6 is 11.6 Å². The number of anilines is 1. The van der Waals surface area contributed by atoms with E-state index in [0.29, 0.717) is 16.3 Å². The summed E-state index contributed by atoms with van der Waals surface area (Å²) in [6.07, 6.45) is 1.35. The van der Waals surface area contributed by atoms with Crippen LogP contribution in [0.15, 0.2) is 93.9 Å². The highest BCUT2D eigenvalue weighted by Crippen LogP contribution is 2.27. The highest BCUT2D eigenvalue weighted by Gasteiger charge is 2.27. The summed E-state index contributed by atoms with van der Waals surface area (Å²) in [4.78, 5) is 25.2. The summed E-state index contributed by atoms with van der Waals surface area (Å²) in [7, 11) is -2.83. The number of hydrogen-bond donors (Lipinski definition) is 1. The molecule has 0 fully saturated rings. The molecule has 4 rings (SSSR count). The van der Waals surface area contributed by atoms with E-state index in [1.807, 2.05) is 0 Å². The van der Waals surface area contributed by atoms with Crippen LogP contribution in [0, 0.1) is 0 Å². The molecule has 1 aliphatic rings. The summed E-state index contributed by atoms with van der Waals surface area (Å²) in [6.45, 7) is 0. The van der Waals surface area contributed by atoms with Gasteiger partial charge in [0.05, 0.1) is 34.7 Å². The van der Waals surface area contributed by atoms with Gasteiger partial charge >= 0.3 is 5.97 Å². The van der Waals surface area contributed by atoms with E-state index in [1.165, 1.54) is 37.5 Å². The Balaban J connectivity index is 1.82. The molecule has 3 aromatic carbocycles. The zero-order valence-corrected chi connectivity index (χ0v) is 18.9. The highest BCUT2D eigenvalue weighted by atomic mass is 35.5. The molecule has 166 valence electrons. The van der Waals surface area contributed by atoms with Gasteiger partial charge in [-0.3, -0.25) is 4.79 Å². The summed E-state index contributed by atoms with van der Waals surface area (Å²) in [5.41, 5.74) is 1.37. The molecular formula is C24H17ClN2O5S. The van der Waals surface area contributed by atoms with Crippen molar-refractivity contribution in [3.05, 3.63) is 106 Å². The van der Waals surface area contributed by atoms with E-state index >= 15 is 0 Å². The Morgan fingerprint density at radius 3 is 2.27 bits per heavy atom. The summed E-state index contributed by atoms with van der Waals surface area (Å²) >= 11 is 5.86. The van der Waals surface area contributed by atoms with Crippen molar-refractivity contribution in [2.24, 2.45) is 4.40 Å². The monoisotopic (exact) mass is 480 g/mol. The van der Waals surface area contributed by atoms with Crippen molar-refractivity contribution in [1.82, 2.24) is 0 Å². The second-order valence-electron chi connectivity index (χ2n) is 7.00. The van der Waals surface area contributed by atoms with Crippen molar-refractivity contribution < 1.29 is 22.7 Å². The number of methoxy groups -OCH3 is 1. The third-order valence-corrected chi connectivity index (χ3v) is 6.46. The van der Waals surface area contributed by atoms with Gasteiger partial charge in [0.2, 0.25) is 5.78 Å². The van der Waals surface area contributed by atoms with Crippen LogP contribution in [0.3, 0.4) is 0 Å². The minimum absolute atomic E-state index is 0.0345. The van der Waals surface area contributed by atoms with Crippen LogP contribution < -0.4 is 5.32 Å². The van der Waals surface area contributed by atoms with E-state index in [-0.39, 0.29) is 33.2 Å². The molecule has 0 atom stereocenters. The van der Waals surface area contributed by atoms with Crippen LogP contribution in [0.4, 0.5) is 5.69 Å². The number of nitrogens with one attached hydrogen (secondary N) is 1. The maximum Gasteiger partial charge on any atom is 0.339 e. The molecule has 0 spiro atoms. The lowest BCUT2D eigenvalue weighted by molar-refractivity contribution is 0.0601. The number of fused-ring (bicyclic) bond motifs is 1. The molecule has 0 heterocycles. The molecule has 9 heteroatoms. The summed E-state index contributed by atoms with van der Waals surface area (Å²) in [5, 5.41) is 3.33. The maximum absolute atomic E-state index is 13.1. The standard InChI is InChI=1S/C24H17ClN2O5S/c1-32-24(29)19-8-4-5-9-20(19)26-22-14-21(17-6-2-3-7-18(17)23(22)28)27-33(30,31)16-12-10-15(25)11-13-16/h2-14,26H,1H3. The van der Waals surface area contributed by atoms with Gasteiger partial charge in [-0.25, -0.2) is 4.79 Å². The van der Waals surface area contributed by atoms with Crippen molar-refractivity contribution in [2.75, 3.05) is 12.4 Å². The number of carbonyl (C=O) groups is 2. The molecule has 1 aliphatic carbocycles. The van der Waals surface area contributed by atoms with Crippen LogP contribution in [0.2, 0.25) is 5.02 Å². The zero-order valence-electron chi connectivity index (χ0n) is 17.3. The number of ketones is 1. The number of sulfonamides is 1. The number of allylic oxidation sites excluding steroid dienone is 2. The van der Waals surface area contributed by atoms with E-state index < -0.39 is 16.0 Å². The topological polar surface area (TPSA) is 102 Å². The van der Waals surface area contributed by atoms with Gasteiger partial charge in [-0.2, -0.15) is 12.8 Å². The van der Waals surface area contributed by atoms with Crippen molar-refractivity contribution in [3.8, 4) is 0 Å². The van der Waals surface area contributed by atoms with Gasteiger partial charge in [-0.15, -0.1) is 0 Å². The quantitative estimate of drug-likeness (QED) is 0.539. The fourth-order valence-electron chi connectivity index (χ4n) is 3.31. The predicted molar refractivity (Wildman–Crippen MR) is 125 cm³/mol. The highest BCUT2D eigenvalue weighted by molar-refractivity contribution is 7.90. The number of para-hydroxylation sites is 1. The Labute approximate surface area is 195 Å². The summed E-state index contributed by atoms with van der Waals surface area (Å²) in [5.74, 6) is -0.949. The van der Waals surface area contributed by atoms with Crippen molar-refractivity contribution in [1.29, 1.82) is 0 Å². The second-order valence-corrected chi connectivity index (χ2v) is 9.04. The molecule has 0 unspecified atom stereocenters. The normalized spacial score (nSPS) is 14.4. The molecule has 0 bridgehead atoms. The van der Waals surface area contributed by atoms with Crippen LogP contribution in [-0.2, 0) is 14.8 Å². The largest absolute Gasteiger partial charge is 0.465 e. The fraction of sp³-hybridized carbons (Fsp3) is 0.0417. The van der Waals surface area contributed by atoms with Gasteiger partial charge in [0.15, 0.2) is 0 Å². The first kappa shape index (κ1) is 22.4. The lowest BCUT2D eigenvalue weighted by atomic mass is 9.92. The van der Waals surface area contributed by atoms with Gasteiger partial charge in [-0.1, -0.05) is 48.0 Å². The predicted octanol–water partition coefficient (Wildman–Crippen LogP) is 4.50. The number of Topliss-reactive ketones (excluding diaryl/α,β-unsaturated/α-hetero) is 1. The molecule has 33 heavy (non-hydrogen) atoms. The number of ether oxygens (including phenoxy) is 1. The molecule has 0 amide bonds. The average molecular weight is 481 g/mol. The van der Waals surface area contributed by atoms with Gasteiger partial charge in [0.25, 0.3) is 10.0 Å². The van der Waals surface area contributed by atoms with E-state index in [2.05, 4.69) is 9.71 Å². The van der Waals surface area contributed by atoms with E-state index in [4.69, 9.17) is 16.3 Å². The summed E-state index contributed by atoms with van der Waals surface area (Å²) in [6, 6.07) is 18.7. The molecule has 0 radical (unpaired) electrons. The van der Waals surface area contributed by atoms with E-state index in [1.54, 1.807) is 48.5 Å². The Kier molecular flexibility index (Phi) is 6.13. The third kappa shape index (κ3) is 4.57. The lowest BCUT2D eigenvalue weighted by Crippen LogP contribution is -2.23. The molecule has 0 aliphatic heterocycles. The third-order valence-electron chi connectivity index (χ3n) is 4.91.